The summed E-state index contributed by atoms with van der Waals surface area (Å²) in [5.74, 6) is -1.58. The zero-order valence-corrected chi connectivity index (χ0v) is 19.2. The minimum Gasteiger partial charge on any atom is -0.480 e. The lowest BCUT2D eigenvalue weighted by molar-refractivity contribution is -0.136. The van der Waals surface area contributed by atoms with Gasteiger partial charge in [0.05, 0.1) is 12.6 Å². The van der Waals surface area contributed by atoms with Gasteiger partial charge in [0.1, 0.15) is 6.04 Å². The molecule has 33 heavy (non-hydrogen) atoms. The Balaban J connectivity index is 2.11. The second-order valence-corrected chi connectivity index (χ2v) is 8.45. The number of carbonyl (C=O) groups excluding carboxylic acids is 2. The average Bonchev–Trinajstić information content (AvgIpc) is 2.80. The Morgan fingerprint density at radius 2 is 1.52 bits per heavy atom. The lowest BCUT2D eigenvalue weighted by Gasteiger charge is -2.24. The quantitative estimate of drug-likeness (QED) is 0.312. The molecule has 0 fully saturated rings. The maximum Gasteiger partial charge on any atom is 0.317 e. The number of carbonyl (C=O) groups is 3. The van der Waals surface area contributed by atoms with Crippen molar-refractivity contribution >= 4 is 17.8 Å². The van der Waals surface area contributed by atoms with Crippen molar-refractivity contribution in [3.63, 3.8) is 0 Å². The molecule has 6 N–H and O–H groups in total. The van der Waals surface area contributed by atoms with Crippen molar-refractivity contribution in [1.82, 2.24) is 16.0 Å². The number of nitrogens with two attached hydrogens (primary N) is 1. The van der Waals surface area contributed by atoms with Crippen LogP contribution in [0.2, 0.25) is 0 Å². The van der Waals surface area contributed by atoms with Gasteiger partial charge in [-0.25, -0.2) is 0 Å². The van der Waals surface area contributed by atoms with E-state index in [1.54, 1.807) is 0 Å². The summed E-state index contributed by atoms with van der Waals surface area (Å²) in [4.78, 5) is 37.0. The summed E-state index contributed by atoms with van der Waals surface area (Å²) in [6.07, 6.45) is 0.768. The van der Waals surface area contributed by atoms with E-state index in [1.807, 2.05) is 68.4 Å². The Bertz CT molecular complexity index is 900. The number of hydrogen-bond donors (Lipinski definition) is 5. The van der Waals surface area contributed by atoms with Gasteiger partial charge in [0.2, 0.25) is 11.8 Å². The van der Waals surface area contributed by atoms with Crippen LogP contribution in [0.4, 0.5) is 0 Å². The molecule has 8 nitrogen and oxygen atoms in total. The summed E-state index contributed by atoms with van der Waals surface area (Å²) in [7, 11) is 0. The van der Waals surface area contributed by atoms with Gasteiger partial charge in [-0.2, -0.15) is 0 Å². The van der Waals surface area contributed by atoms with Gasteiger partial charge < -0.3 is 21.5 Å². The first kappa shape index (κ1) is 26.0. The van der Waals surface area contributed by atoms with Crippen molar-refractivity contribution in [2.75, 3.05) is 6.54 Å². The van der Waals surface area contributed by atoms with Gasteiger partial charge in [-0.05, 0) is 29.0 Å². The van der Waals surface area contributed by atoms with E-state index in [1.165, 1.54) is 0 Å². The molecule has 2 aromatic carbocycles. The monoisotopic (exact) mass is 454 g/mol. The van der Waals surface area contributed by atoms with Gasteiger partial charge in [0.15, 0.2) is 0 Å². The van der Waals surface area contributed by atoms with Crippen LogP contribution < -0.4 is 21.7 Å². The molecule has 8 heteroatoms. The first-order chi connectivity index (χ1) is 15.8. The average molecular weight is 455 g/mol. The number of hydrogen-bond acceptors (Lipinski definition) is 5. The molecule has 0 aromatic heterocycles. The summed E-state index contributed by atoms with van der Waals surface area (Å²) < 4.78 is 0. The fourth-order valence-electron chi connectivity index (χ4n) is 3.40. The molecule has 0 aliphatic heterocycles. The van der Waals surface area contributed by atoms with Gasteiger partial charge in [0.25, 0.3) is 0 Å². The van der Waals surface area contributed by atoms with Crippen molar-refractivity contribution < 1.29 is 19.5 Å². The van der Waals surface area contributed by atoms with Crippen LogP contribution in [0.5, 0.6) is 0 Å². The van der Waals surface area contributed by atoms with E-state index in [0.29, 0.717) is 25.9 Å². The molecular weight excluding hydrogens is 420 g/mol. The molecule has 2 aromatic rings. The fourth-order valence-corrected chi connectivity index (χ4v) is 3.40. The lowest BCUT2D eigenvalue weighted by atomic mass is 10.0. The van der Waals surface area contributed by atoms with Crippen molar-refractivity contribution in [3.05, 3.63) is 71.3 Å². The molecule has 2 rings (SSSR count). The first-order valence-corrected chi connectivity index (χ1v) is 11.1. The molecule has 0 saturated heterocycles. The van der Waals surface area contributed by atoms with E-state index in [9.17, 15) is 14.4 Å². The number of aliphatic carboxylic acids is 1. The largest absolute Gasteiger partial charge is 0.480 e. The molecule has 2 amide bonds. The van der Waals surface area contributed by atoms with E-state index >= 15 is 0 Å². The molecule has 0 unspecified atom stereocenters. The fraction of sp³-hybridized carbons (Fsp3) is 0.400. The maximum absolute atomic E-state index is 13.0. The third-order valence-corrected chi connectivity index (χ3v) is 5.16. The summed E-state index contributed by atoms with van der Waals surface area (Å²) in [6.45, 7) is 4.33. The number of carboxylic acids is 1. The highest BCUT2D eigenvalue weighted by molar-refractivity contribution is 5.90. The number of rotatable bonds is 13. The van der Waals surface area contributed by atoms with Crippen molar-refractivity contribution in [2.24, 2.45) is 11.7 Å². The second-order valence-electron chi connectivity index (χ2n) is 8.45. The Morgan fingerprint density at radius 1 is 0.879 bits per heavy atom. The van der Waals surface area contributed by atoms with E-state index < -0.39 is 24.0 Å². The summed E-state index contributed by atoms with van der Waals surface area (Å²) in [6, 6.07) is 15.5. The van der Waals surface area contributed by atoms with E-state index in [4.69, 9.17) is 10.8 Å². The highest BCUT2D eigenvalue weighted by Crippen LogP contribution is 2.09. The predicted octanol–water partition coefficient (Wildman–Crippen LogP) is 1.58. The van der Waals surface area contributed by atoms with Crippen LogP contribution in [0.1, 0.15) is 37.0 Å². The van der Waals surface area contributed by atoms with E-state index in [2.05, 4.69) is 16.0 Å². The normalized spacial score (nSPS) is 12.7. The second kappa shape index (κ2) is 13.3. The molecule has 0 heterocycles. The molecule has 0 bridgehead atoms. The smallest absolute Gasteiger partial charge is 0.317 e. The Morgan fingerprint density at radius 3 is 2.09 bits per heavy atom. The minimum absolute atomic E-state index is 0.167. The number of nitrogens with one attached hydrogen (secondary N) is 3. The van der Waals surface area contributed by atoms with Crippen molar-refractivity contribution in [1.29, 1.82) is 0 Å². The predicted molar refractivity (Wildman–Crippen MR) is 127 cm³/mol. The zero-order chi connectivity index (χ0) is 24.2. The third-order valence-electron chi connectivity index (χ3n) is 5.16. The van der Waals surface area contributed by atoms with Crippen molar-refractivity contribution in [3.8, 4) is 0 Å². The molecule has 178 valence electrons. The summed E-state index contributed by atoms with van der Waals surface area (Å²) in [5, 5.41) is 17.5. The molecular formula is C25H34N4O4. The van der Waals surface area contributed by atoms with Gasteiger partial charge in [-0.15, -0.1) is 0 Å². The highest BCUT2D eigenvalue weighted by atomic mass is 16.4. The highest BCUT2D eigenvalue weighted by Gasteiger charge is 2.26. The van der Waals surface area contributed by atoms with Crippen LogP contribution in [0.25, 0.3) is 0 Å². The van der Waals surface area contributed by atoms with Crippen LogP contribution in [-0.4, -0.2) is 41.5 Å². The first-order valence-electron chi connectivity index (χ1n) is 11.1. The Kier molecular flexibility index (Phi) is 10.5. The zero-order valence-electron chi connectivity index (χ0n) is 19.2. The van der Waals surface area contributed by atoms with Gasteiger partial charge in [0, 0.05) is 19.5 Å². The lowest BCUT2D eigenvalue weighted by Crippen LogP contribution is -2.54. The van der Waals surface area contributed by atoms with E-state index in [-0.39, 0.29) is 18.4 Å². The van der Waals surface area contributed by atoms with Crippen LogP contribution >= 0.6 is 0 Å². The van der Waals surface area contributed by atoms with Crippen LogP contribution in [-0.2, 0) is 33.9 Å². The number of benzene rings is 2. The number of amides is 2. The molecule has 0 aliphatic rings. The molecule has 2 atom stereocenters. The third kappa shape index (κ3) is 9.43. The van der Waals surface area contributed by atoms with Gasteiger partial charge in [-0.3, -0.25) is 19.7 Å². The van der Waals surface area contributed by atoms with Crippen molar-refractivity contribution in [2.45, 2.75) is 51.9 Å². The Hall–Kier alpha value is -3.23. The van der Waals surface area contributed by atoms with Crippen LogP contribution in [0.3, 0.4) is 0 Å². The topological polar surface area (TPSA) is 134 Å². The van der Waals surface area contributed by atoms with Gasteiger partial charge in [-0.1, -0.05) is 68.4 Å². The Labute approximate surface area is 195 Å². The SMILES string of the molecule is CC(C)C[C@@H](NCC(=O)O)C(=O)N[C@@H](Cc1ccccc1)C(=O)NCc1ccc(CN)cc1. The maximum atomic E-state index is 13.0. The van der Waals surface area contributed by atoms with E-state index in [0.717, 1.165) is 16.7 Å². The standard InChI is InChI=1S/C25H34N4O4/c1-17(2)12-21(27-16-23(30)31)25(33)29-22(13-18-6-4-3-5-7-18)24(32)28-15-20-10-8-19(14-26)9-11-20/h3-11,17,21-22,27H,12-16,26H2,1-2H3,(H,28,32)(H,29,33)(H,30,31)/t21-,22+/m1/s1. The van der Waals surface area contributed by atoms with Crippen LogP contribution in [0.15, 0.2) is 54.6 Å². The van der Waals surface area contributed by atoms with Gasteiger partial charge >= 0.3 is 5.97 Å². The molecule has 0 saturated carbocycles. The molecule has 0 aliphatic carbocycles. The molecule has 0 radical (unpaired) electrons. The number of carboxylic acid groups (broad SMARTS) is 1. The van der Waals surface area contributed by atoms with Crippen LogP contribution in [0, 0.1) is 5.92 Å². The molecule has 0 spiro atoms. The summed E-state index contributed by atoms with van der Waals surface area (Å²) >= 11 is 0. The minimum atomic E-state index is -1.05. The summed E-state index contributed by atoms with van der Waals surface area (Å²) in [5.41, 5.74) is 8.46.